The minimum Gasteiger partial charge on any atom is -0.361 e. The molecule has 0 bridgehead atoms. The molecule has 3 heterocycles. The van der Waals surface area contributed by atoms with Gasteiger partial charge in [-0.05, 0) is 32.3 Å². The molecule has 0 saturated carbocycles. The highest BCUT2D eigenvalue weighted by Crippen LogP contribution is 2.39. The normalized spacial score (nSPS) is 24.4. The minimum atomic E-state index is -0.294. The highest BCUT2D eigenvalue weighted by atomic mass is 16.5. The number of fused-ring (bicyclic) bond motifs is 1. The van der Waals surface area contributed by atoms with Crippen molar-refractivity contribution in [3.05, 3.63) is 52.9 Å². The molecule has 2 saturated heterocycles. The molecule has 28 heavy (non-hydrogen) atoms. The molecule has 1 amide bonds. The van der Waals surface area contributed by atoms with E-state index in [0.29, 0.717) is 12.5 Å². The van der Waals surface area contributed by atoms with Crippen molar-refractivity contribution in [1.82, 2.24) is 20.7 Å². The summed E-state index contributed by atoms with van der Waals surface area (Å²) >= 11 is 0. The number of aromatic nitrogens is 1. The summed E-state index contributed by atoms with van der Waals surface area (Å²) in [5, 5.41) is 10.7. The highest BCUT2D eigenvalue weighted by molar-refractivity contribution is 5.84. The summed E-state index contributed by atoms with van der Waals surface area (Å²) in [7, 11) is 0. The van der Waals surface area contributed by atoms with Gasteiger partial charge in [-0.15, -0.1) is 0 Å². The summed E-state index contributed by atoms with van der Waals surface area (Å²) in [6, 6.07) is 10.5. The van der Waals surface area contributed by atoms with Gasteiger partial charge in [0, 0.05) is 50.7 Å². The van der Waals surface area contributed by atoms with Crippen molar-refractivity contribution in [3.8, 4) is 0 Å². The van der Waals surface area contributed by atoms with Crippen LogP contribution in [-0.4, -0.2) is 48.7 Å². The third-order valence-electron chi connectivity index (χ3n) is 6.37. The molecule has 1 aromatic heterocycles. The number of carbonyl (C=O) groups is 1. The average molecular weight is 383 g/mol. The van der Waals surface area contributed by atoms with Crippen LogP contribution in [0, 0.1) is 25.2 Å². The topological polar surface area (TPSA) is 70.4 Å². The van der Waals surface area contributed by atoms with Crippen molar-refractivity contribution in [2.24, 2.45) is 11.3 Å². The maximum absolute atomic E-state index is 13.1. The fourth-order valence-electron chi connectivity index (χ4n) is 4.81. The number of aryl methyl sites for hydroxylation is 2. The molecule has 6 heteroatoms. The van der Waals surface area contributed by atoms with E-state index in [9.17, 15) is 4.79 Å². The number of nitrogens with one attached hydrogen (secondary N) is 2. The summed E-state index contributed by atoms with van der Waals surface area (Å²) in [4.78, 5) is 15.6. The Kier molecular flexibility index (Phi) is 5.51. The predicted octanol–water partition coefficient (Wildman–Crippen LogP) is 2.06. The van der Waals surface area contributed by atoms with Gasteiger partial charge in [-0.25, -0.2) is 0 Å². The Balaban J connectivity index is 1.32. The van der Waals surface area contributed by atoms with E-state index < -0.39 is 0 Å². The Bertz CT molecular complexity index is 800. The third-order valence-corrected chi connectivity index (χ3v) is 6.37. The molecule has 150 valence electrons. The van der Waals surface area contributed by atoms with Crippen LogP contribution in [0.25, 0.3) is 0 Å². The van der Waals surface area contributed by atoms with E-state index in [-0.39, 0.29) is 11.3 Å². The fraction of sp³-hybridized carbons (Fsp3) is 0.545. The van der Waals surface area contributed by atoms with E-state index in [4.69, 9.17) is 4.52 Å². The van der Waals surface area contributed by atoms with Crippen LogP contribution in [0.4, 0.5) is 0 Å². The summed E-state index contributed by atoms with van der Waals surface area (Å²) in [6.07, 6.45) is 1.78. The van der Waals surface area contributed by atoms with Crippen LogP contribution in [0.2, 0.25) is 0 Å². The third kappa shape index (κ3) is 3.71. The van der Waals surface area contributed by atoms with E-state index in [1.807, 2.05) is 19.9 Å². The largest absolute Gasteiger partial charge is 0.361 e. The van der Waals surface area contributed by atoms with E-state index >= 15 is 0 Å². The number of rotatable bonds is 7. The summed E-state index contributed by atoms with van der Waals surface area (Å²) in [6.45, 7) is 9.04. The van der Waals surface area contributed by atoms with Crippen LogP contribution in [-0.2, 0) is 17.8 Å². The van der Waals surface area contributed by atoms with Crippen LogP contribution in [0.5, 0.6) is 0 Å². The van der Waals surface area contributed by atoms with Crippen molar-refractivity contribution in [3.63, 3.8) is 0 Å². The standard InChI is InChI=1S/C22H30N4O2/c1-16-20(17(2)28-25-16)9-6-10-24-21(27)22-14-23-11-19(22)13-26(15-22)12-18-7-4-3-5-8-18/h3-5,7-8,19,23H,6,9-15H2,1-2H3,(H,24,27)/t19-,22-/m1/s1. The van der Waals surface area contributed by atoms with Crippen molar-refractivity contribution in [2.75, 3.05) is 32.7 Å². The maximum atomic E-state index is 13.1. The molecule has 1 aromatic carbocycles. The quantitative estimate of drug-likeness (QED) is 0.718. The summed E-state index contributed by atoms with van der Waals surface area (Å²) in [5.41, 5.74) is 3.14. The zero-order valence-corrected chi connectivity index (χ0v) is 16.8. The van der Waals surface area contributed by atoms with E-state index in [2.05, 4.69) is 45.0 Å². The van der Waals surface area contributed by atoms with Crippen LogP contribution < -0.4 is 10.6 Å². The smallest absolute Gasteiger partial charge is 0.229 e. The molecule has 2 N–H and O–H groups in total. The van der Waals surface area contributed by atoms with Crippen LogP contribution in [0.3, 0.4) is 0 Å². The number of likely N-dealkylation sites (tertiary alicyclic amines) is 1. The first-order valence-electron chi connectivity index (χ1n) is 10.3. The SMILES string of the molecule is Cc1noc(C)c1CCCNC(=O)[C@@]12CNC[C@@H]1CN(Cc1ccccc1)C2. The van der Waals surface area contributed by atoms with Gasteiger partial charge in [0.25, 0.3) is 0 Å². The molecule has 2 aliphatic heterocycles. The second-order valence-electron chi connectivity index (χ2n) is 8.30. The van der Waals surface area contributed by atoms with Gasteiger partial charge in [-0.1, -0.05) is 35.5 Å². The van der Waals surface area contributed by atoms with Gasteiger partial charge in [-0.2, -0.15) is 0 Å². The van der Waals surface area contributed by atoms with Gasteiger partial charge in [-0.3, -0.25) is 9.69 Å². The van der Waals surface area contributed by atoms with E-state index in [0.717, 1.165) is 57.0 Å². The number of amides is 1. The molecule has 0 unspecified atom stereocenters. The highest BCUT2D eigenvalue weighted by Gasteiger charge is 2.54. The van der Waals surface area contributed by atoms with Gasteiger partial charge < -0.3 is 15.2 Å². The molecule has 6 nitrogen and oxygen atoms in total. The lowest BCUT2D eigenvalue weighted by Gasteiger charge is -2.27. The summed E-state index contributed by atoms with van der Waals surface area (Å²) in [5.74, 6) is 1.48. The zero-order chi connectivity index (χ0) is 19.6. The molecule has 0 radical (unpaired) electrons. The first-order chi connectivity index (χ1) is 13.6. The molecule has 2 aromatic rings. The van der Waals surface area contributed by atoms with E-state index in [1.165, 1.54) is 11.1 Å². The molecule has 2 aliphatic rings. The van der Waals surface area contributed by atoms with Crippen LogP contribution >= 0.6 is 0 Å². The van der Waals surface area contributed by atoms with Crippen LogP contribution in [0.1, 0.15) is 29.0 Å². The fourth-order valence-corrected chi connectivity index (χ4v) is 4.81. The number of benzene rings is 1. The first-order valence-corrected chi connectivity index (χ1v) is 10.3. The molecule has 2 fully saturated rings. The van der Waals surface area contributed by atoms with Crippen molar-refractivity contribution >= 4 is 5.91 Å². The molecule has 0 aliphatic carbocycles. The minimum absolute atomic E-state index is 0.205. The lowest BCUT2D eigenvalue weighted by Crippen LogP contribution is -2.47. The Morgan fingerprint density at radius 2 is 2.18 bits per heavy atom. The Hall–Kier alpha value is -2.18. The zero-order valence-electron chi connectivity index (χ0n) is 16.8. The van der Waals surface area contributed by atoms with Gasteiger partial charge in [0.2, 0.25) is 5.91 Å². The number of carbonyl (C=O) groups excluding carboxylic acids is 1. The maximum Gasteiger partial charge on any atom is 0.229 e. The van der Waals surface area contributed by atoms with Crippen LogP contribution in [0.15, 0.2) is 34.9 Å². The summed E-state index contributed by atoms with van der Waals surface area (Å²) < 4.78 is 5.22. The molecular weight excluding hydrogens is 352 g/mol. The molecule has 4 rings (SSSR count). The first kappa shape index (κ1) is 19.2. The lowest BCUT2D eigenvalue weighted by molar-refractivity contribution is -0.130. The van der Waals surface area contributed by atoms with Gasteiger partial charge >= 0.3 is 0 Å². The van der Waals surface area contributed by atoms with Crippen molar-refractivity contribution in [1.29, 1.82) is 0 Å². The van der Waals surface area contributed by atoms with Gasteiger partial charge in [0.1, 0.15) is 5.76 Å². The van der Waals surface area contributed by atoms with Gasteiger partial charge in [0.05, 0.1) is 11.1 Å². The number of hydrogen-bond acceptors (Lipinski definition) is 5. The second kappa shape index (κ2) is 8.05. The Labute approximate surface area is 166 Å². The molecule has 0 spiro atoms. The molecule has 2 atom stereocenters. The van der Waals surface area contributed by atoms with Gasteiger partial charge in [0.15, 0.2) is 0 Å². The number of nitrogens with zero attached hydrogens (tertiary/aromatic N) is 2. The Morgan fingerprint density at radius 1 is 1.36 bits per heavy atom. The van der Waals surface area contributed by atoms with E-state index in [1.54, 1.807) is 0 Å². The number of hydrogen-bond donors (Lipinski definition) is 2. The average Bonchev–Trinajstić information content (AvgIpc) is 3.33. The van der Waals surface area contributed by atoms with Crippen molar-refractivity contribution < 1.29 is 9.32 Å². The predicted molar refractivity (Wildman–Crippen MR) is 108 cm³/mol. The lowest BCUT2D eigenvalue weighted by atomic mass is 9.80. The monoisotopic (exact) mass is 382 g/mol. The van der Waals surface area contributed by atoms with Crippen molar-refractivity contribution in [2.45, 2.75) is 33.2 Å². The molecular formula is C22H30N4O2. The Morgan fingerprint density at radius 3 is 2.93 bits per heavy atom. The second-order valence-corrected chi connectivity index (χ2v) is 8.30.